The molecule has 0 aromatic heterocycles. The van der Waals surface area contributed by atoms with Crippen molar-refractivity contribution in [3.8, 4) is 5.75 Å². The number of hydrogen-bond acceptors (Lipinski definition) is 4. The molecule has 2 aromatic carbocycles. The largest absolute Gasteiger partial charge is 0.489 e. The molecule has 1 heterocycles. The van der Waals surface area contributed by atoms with Crippen LogP contribution in [0.1, 0.15) is 23.1 Å². The first kappa shape index (κ1) is 23.6. The number of nitrogens with zero attached hydrogens (tertiary/aromatic N) is 1. The Kier molecular flexibility index (Phi) is 7.08. The van der Waals surface area contributed by atoms with Crippen LogP contribution in [0, 0.1) is 19.8 Å². The number of aryl methyl sites for hydroxylation is 1. The van der Waals surface area contributed by atoms with Gasteiger partial charge in [0.1, 0.15) is 12.4 Å². The maximum atomic E-state index is 13.2. The second kappa shape index (κ2) is 9.60. The first-order chi connectivity index (χ1) is 15.1. The zero-order chi connectivity index (χ0) is 23.5. The van der Waals surface area contributed by atoms with E-state index in [2.05, 4.69) is 5.32 Å². The van der Waals surface area contributed by atoms with Crippen molar-refractivity contribution in [2.24, 2.45) is 5.92 Å². The molecule has 1 atom stereocenters. The van der Waals surface area contributed by atoms with Gasteiger partial charge in [-0.1, -0.05) is 12.1 Å². The lowest BCUT2D eigenvalue weighted by Gasteiger charge is -2.20. The molecular formula is C23H25F3N2O4. The van der Waals surface area contributed by atoms with Gasteiger partial charge in [-0.05, 0) is 49.2 Å². The topological polar surface area (TPSA) is 67.9 Å². The van der Waals surface area contributed by atoms with Gasteiger partial charge in [0.25, 0.3) is 0 Å². The number of carbonyl (C=O) groups excluding carboxylic acids is 2. The van der Waals surface area contributed by atoms with E-state index in [0.717, 1.165) is 35.0 Å². The highest BCUT2D eigenvalue weighted by Crippen LogP contribution is 2.36. The maximum Gasteiger partial charge on any atom is 0.416 e. The van der Waals surface area contributed by atoms with Crippen LogP contribution in [0.2, 0.25) is 0 Å². The van der Waals surface area contributed by atoms with Crippen LogP contribution in [-0.2, 0) is 20.5 Å². The fourth-order valence-corrected chi connectivity index (χ4v) is 3.54. The fraction of sp³-hybridized carbons (Fsp3) is 0.391. The van der Waals surface area contributed by atoms with E-state index in [1.54, 1.807) is 4.90 Å². The standard InChI is InChI=1S/C23H25F3N2O4/c1-14-5-4-6-19(15(14)2)28-13-16(11-21(28)29)22(30)27-18-12-17(23(24,25)26)7-8-20(18)32-10-9-31-3/h4-8,12,16H,9-11,13H2,1-3H3,(H,27,30). The Morgan fingerprint density at radius 2 is 1.94 bits per heavy atom. The molecular weight excluding hydrogens is 425 g/mol. The molecule has 32 heavy (non-hydrogen) atoms. The molecule has 0 spiro atoms. The van der Waals surface area contributed by atoms with E-state index in [1.807, 2.05) is 32.0 Å². The summed E-state index contributed by atoms with van der Waals surface area (Å²) in [6, 6.07) is 8.47. The summed E-state index contributed by atoms with van der Waals surface area (Å²) < 4.78 is 49.9. The summed E-state index contributed by atoms with van der Waals surface area (Å²) in [4.78, 5) is 27.0. The molecule has 2 aromatic rings. The Labute approximate surface area is 184 Å². The summed E-state index contributed by atoms with van der Waals surface area (Å²) in [6.07, 6.45) is -4.61. The normalized spacial score (nSPS) is 16.4. The minimum Gasteiger partial charge on any atom is -0.489 e. The molecule has 1 unspecified atom stereocenters. The number of anilines is 2. The first-order valence-electron chi connectivity index (χ1n) is 10.1. The van der Waals surface area contributed by atoms with Crippen LogP contribution in [0.25, 0.3) is 0 Å². The van der Waals surface area contributed by atoms with E-state index in [0.29, 0.717) is 0 Å². The van der Waals surface area contributed by atoms with Crippen LogP contribution in [-0.4, -0.2) is 38.7 Å². The molecule has 0 aliphatic carbocycles. The van der Waals surface area contributed by atoms with Crippen LogP contribution >= 0.6 is 0 Å². The van der Waals surface area contributed by atoms with Crippen LogP contribution < -0.4 is 15.0 Å². The highest BCUT2D eigenvalue weighted by molar-refractivity contribution is 6.04. The molecule has 1 saturated heterocycles. The number of halogens is 3. The molecule has 1 fully saturated rings. The highest BCUT2D eigenvalue weighted by Gasteiger charge is 2.37. The summed E-state index contributed by atoms with van der Waals surface area (Å²) in [5.41, 5.74) is 1.68. The van der Waals surface area contributed by atoms with E-state index < -0.39 is 23.6 Å². The van der Waals surface area contributed by atoms with E-state index >= 15 is 0 Å². The van der Waals surface area contributed by atoms with Crippen molar-refractivity contribution in [1.29, 1.82) is 0 Å². The first-order valence-corrected chi connectivity index (χ1v) is 10.1. The van der Waals surface area contributed by atoms with E-state index in [1.165, 1.54) is 7.11 Å². The quantitative estimate of drug-likeness (QED) is 0.638. The average molecular weight is 450 g/mol. The van der Waals surface area contributed by atoms with E-state index in [9.17, 15) is 22.8 Å². The van der Waals surface area contributed by atoms with Crippen LogP contribution in [0.5, 0.6) is 5.75 Å². The SMILES string of the molecule is COCCOc1ccc(C(F)(F)F)cc1NC(=O)C1CC(=O)N(c2cccc(C)c2C)C1. The number of nitrogens with one attached hydrogen (secondary N) is 1. The minimum atomic E-state index is -4.58. The van der Waals surface area contributed by atoms with Crippen molar-refractivity contribution in [2.75, 3.05) is 37.1 Å². The van der Waals surface area contributed by atoms with E-state index in [-0.39, 0.29) is 43.5 Å². The van der Waals surface area contributed by atoms with Gasteiger partial charge in [-0.3, -0.25) is 9.59 Å². The molecule has 9 heteroatoms. The third kappa shape index (κ3) is 5.21. The highest BCUT2D eigenvalue weighted by atomic mass is 19.4. The molecule has 0 saturated carbocycles. The van der Waals surface area contributed by atoms with Gasteiger partial charge in [0.15, 0.2) is 0 Å². The van der Waals surface area contributed by atoms with Gasteiger partial charge in [-0.15, -0.1) is 0 Å². The summed E-state index contributed by atoms with van der Waals surface area (Å²) in [5.74, 6) is -1.36. The number of alkyl halides is 3. The molecule has 1 aliphatic heterocycles. The third-order valence-corrected chi connectivity index (χ3v) is 5.47. The number of hydrogen-bond donors (Lipinski definition) is 1. The Morgan fingerprint density at radius 3 is 2.62 bits per heavy atom. The summed E-state index contributed by atoms with van der Waals surface area (Å²) in [7, 11) is 1.47. The van der Waals surface area contributed by atoms with Crippen LogP contribution in [0.3, 0.4) is 0 Å². The smallest absolute Gasteiger partial charge is 0.416 e. The Morgan fingerprint density at radius 1 is 1.19 bits per heavy atom. The lowest BCUT2D eigenvalue weighted by atomic mass is 10.1. The van der Waals surface area contributed by atoms with E-state index in [4.69, 9.17) is 9.47 Å². The molecule has 0 radical (unpaired) electrons. The number of rotatable bonds is 7. The van der Waals surface area contributed by atoms with Gasteiger partial charge >= 0.3 is 6.18 Å². The summed E-state index contributed by atoms with van der Waals surface area (Å²) in [6.45, 7) is 4.32. The Hall–Kier alpha value is -3.07. The zero-order valence-electron chi connectivity index (χ0n) is 18.1. The van der Waals surface area contributed by atoms with Crippen LogP contribution in [0.15, 0.2) is 36.4 Å². The van der Waals surface area contributed by atoms with Gasteiger partial charge in [-0.2, -0.15) is 13.2 Å². The lowest BCUT2D eigenvalue weighted by molar-refractivity contribution is -0.137. The summed E-state index contributed by atoms with van der Waals surface area (Å²) >= 11 is 0. The minimum absolute atomic E-state index is 0.0297. The monoisotopic (exact) mass is 450 g/mol. The number of methoxy groups -OCH3 is 1. The maximum absolute atomic E-state index is 13.2. The predicted octanol–water partition coefficient (Wildman–Crippen LogP) is 4.34. The van der Waals surface area contributed by atoms with Crippen LogP contribution in [0.4, 0.5) is 24.5 Å². The Balaban J connectivity index is 1.80. The number of ether oxygens (including phenoxy) is 2. The van der Waals surface area contributed by atoms with Gasteiger partial charge in [-0.25, -0.2) is 0 Å². The average Bonchev–Trinajstić information content (AvgIpc) is 3.12. The van der Waals surface area contributed by atoms with Crippen molar-refractivity contribution in [3.05, 3.63) is 53.1 Å². The van der Waals surface area contributed by atoms with Crippen molar-refractivity contribution >= 4 is 23.2 Å². The molecule has 2 amide bonds. The predicted molar refractivity (Wildman–Crippen MR) is 114 cm³/mol. The molecule has 1 aliphatic rings. The number of carbonyl (C=O) groups is 2. The van der Waals surface area contributed by atoms with Crippen molar-refractivity contribution in [2.45, 2.75) is 26.4 Å². The second-order valence-electron chi connectivity index (χ2n) is 7.66. The van der Waals surface area contributed by atoms with Crippen molar-refractivity contribution < 1.29 is 32.2 Å². The lowest BCUT2D eigenvalue weighted by Crippen LogP contribution is -2.29. The van der Waals surface area contributed by atoms with Gasteiger partial charge in [0.2, 0.25) is 11.8 Å². The molecule has 3 rings (SSSR count). The fourth-order valence-electron chi connectivity index (χ4n) is 3.54. The van der Waals surface area contributed by atoms with Gasteiger partial charge in [0, 0.05) is 25.8 Å². The molecule has 0 bridgehead atoms. The van der Waals surface area contributed by atoms with Gasteiger partial charge < -0.3 is 19.7 Å². The van der Waals surface area contributed by atoms with Crippen molar-refractivity contribution in [1.82, 2.24) is 0 Å². The third-order valence-electron chi connectivity index (χ3n) is 5.47. The summed E-state index contributed by atoms with van der Waals surface area (Å²) in [5, 5.41) is 2.53. The second-order valence-corrected chi connectivity index (χ2v) is 7.66. The molecule has 6 nitrogen and oxygen atoms in total. The Bertz CT molecular complexity index is 1010. The number of amides is 2. The number of benzene rings is 2. The van der Waals surface area contributed by atoms with Crippen molar-refractivity contribution in [3.63, 3.8) is 0 Å². The molecule has 1 N–H and O–H groups in total. The molecule has 172 valence electrons. The van der Waals surface area contributed by atoms with Gasteiger partial charge in [0.05, 0.1) is 23.8 Å². The zero-order valence-corrected chi connectivity index (χ0v) is 18.1.